The van der Waals surface area contributed by atoms with Crippen LogP contribution in [0, 0.1) is 0 Å². The summed E-state index contributed by atoms with van der Waals surface area (Å²) in [4.78, 5) is 54.2. The molecule has 0 spiro atoms. The number of nitrogens with zero attached hydrogens (tertiary/aromatic N) is 9. The van der Waals surface area contributed by atoms with Crippen molar-refractivity contribution in [2.75, 3.05) is 56.2 Å². The van der Waals surface area contributed by atoms with Gasteiger partial charge in [0.05, 0.1) is 42.6 Å². The Labute approximate surface area is 439 Å². The maximum Gasteiger partial charge on any atom is 0.293 e. The lowest BCUT2D eigenvalue weighted by Crippen LogP contribution is -2.40. The maximum absolute atomic E-state index is 13.5. The number of aliphatic hydroxyl groups is 2. The van der Waals surface area contributed by atoms with Crippen LogP contribution in [0.3, 0.4) is 0 Å². The average molecular weight is 1080 g/mol. The van der Waals surface area contributed by atoms with Crippen molar-refractivity contribution >= 4 is 61.2 Å². The number of hydrogen-bond acceptors (Lipinski definition) is 14. The molecule has 2 amide bonds. The van der Waals surface area contributed by atoms with Gasteiger partial charge < -0.3 is 41.0 Å². The van der Waals surface area contributed by atoms with Crippen molar-refractivity contribution in [3.8, 4) is 45.5 Å². The lowest BCUT2D eigenvalue weighted by Gasteiger charge is -2.32. The number of likely N-dealkylation sites (tertiary alicyclic amines) is 2. The highest BCUT2D eigenvalue weighted by atomic mass is 79.9. The van der Waals surface area contributed by atoms with Crippen LogP contribution in [0.15, 0.2) is 144 Å². The lowest BCUT2D eigenvalue weighted by atomic mass is 10.1. The van der Waals surface area contributed by atoms with Crippen LogP contribution in [0.4, 0.5) is 11.6 Å². The first-order valence-electron chi connectivity index (χ1n) is 24.3. The van der Waals surface area contributed by atoms with E-state index in [1.807, 2.05) is 109 Å². The molecule has 2 fully saturated rings. The monoisotopic (exact) mass is 1080 g/mol. The zero-order chi connectivity index (χ0) is 53.0. The van der Waals surface area contributed by atoms with E-state index in [1.165, 1.54) is 12.2 Å². The Morgan fingerprint density at radius 3 is 1.53 bits per heavy atom. The third-order valence-electron chi connectivity index (χ3n) is 12.6. The number of fused-ring (bicyclic) bond motifs is 2. The van der Waals surface area contributed by atoms with Crippen LogP contribution >= 0.6 is 15.9 Å². The number of aliphatic hydroxyl groups excluding tert-OH is 2. The fraction of sp³-hybridized carbons (Fsp3) is 0.259. The summed E-state index contributed by atoms with van der Waals surface area (Å²) in [6, 6.07) is 33.4. The minimum Gasteiger partial charge on any atom is -0.457 e. The molecule has 0 bridgehead atoms. The molecule has 20 nitrogen and oxygen atoms in total. The van der Waals surface area contributed by atoms with Crippen molar-refractivity contribution in [2.24, 2.45) is 0 Å². The van der Waals surface area contributed by atoms with E-state index in [2.05, 4.69) is 44.4 Å². The largest absolute Gasteiger partial charge is 0.457 e. The highest BCUT2D eigenvalue weighted by molar-refractivity contribution is 9.09. The number of H-pyrrole nitrogens is 1. The normalized spacial score (nSPS) is 15.3. The molecule has 2 unspecified atom stereocenters. The van der Waals surface area contributed by atoms with Gasteiger partial charge in [0.25, 0.3) is 11.1 Å². The molecule has 4 aromatic carbocycles. The Bertz CT molecular complexity index is 3400. The second-order valence-electron chi connectivity index (χ2n) is 17.5. The van der Waals surface area contributed by atoms with Gasteiger partial charge in [-0.05, 0) is 111 Å². The molecule has 388 valence electrons. The van der Waals surface area contributed by atoms with Crippen molar-refractivity contribution in [1.29, 1.82) is 0 Å². The SMILES string of the molecule is C=CC(=O)N1CCCC(n2nc(-c3ccc(Oc4ccccc4)cc3)c3c(N)n[nH]c(=O)c32)C1.C=CC(=O)N1CCCC(n2nc(-c3ccc(Oc4ccccc4)cc3)c3c(N)nn(CCO)c(=O)c32)C1.OCCBr. The molecular weight excluding hydrogens is 1020 g/mol. The molecule has 7 N–H and O–H groups in total. The van der Waals surface area contributed by atoms with Crippen molar-refractivity contribution in [1.82, 2.24) is 49.3 Å². The standard InChI is InChI=1S/C27H28N6O4.C25H24N6O3.C2H5BrO/c1-2-22(35)31-14-6-7-19(17-31)33-25-23(26(28)30-32(15-16-34)27(25)36)24(29-33)18-10-12-21(13-11-18)37-20-8-4-3-5-9-20;1-2-20(32)30-14-6-7-17(15-30)31-23-21(24(26)27-28-25(23)33)22(29-31)16-10-12-19(13-11-16)34-18-8-4-3-5-9-18;3-1-2-4/h2-5,8-13,19,34H,1,6-7,14-17H2,(H2,28,30);2-5,8-13,17H,1,6-7,14-15H2,(H2,26,27)(H,28,33);4H,1-2H2. The number of aromatic amines is 1. The Hall–Kier alpha value is -8.40. The smallest absolute Gasteiger partial charge is 0.293 e. The highest BCUT2D eigenvalue weighted by Gasteiger charge is 2.31. The zero-order valence-electron chi connectivity index (χ0n) is 41.0. The first kappa shape index (κ1) is 52.9. The summed E-state index contributed by atoms with van der Waals surface area (Å²) in [5.41, 5.74) is 15.0. The summed E-state index contributed by atoms with van der Waals surface area (Å²) in [5.74, 6) is 2.83. The van der Waals surface area contributed by atoms with Crippen LogP contribution in [0.25, 0.3) is 44.3 Å². The van der Waals surface area contributed by atoms with Gasteiger partial charge in [-0.15, -0.1) is 0 Å². The number of anilines is 2. The molecule has 0 aliphatic carbocycles. The molecule has 2 saturated heterocycles. The van der Waals surface area contributed by atoms with E-state index in [0.29, 0.717) is 76.2 Å². The van der Waals surface area contributed by atoms with Crippen LogP contribution in [-0.2, 0) is 16.1 Å². The Kier molecular flexibility index (Phi) is 17.3. The predicted molar refractivity (Wildman–Crippen MR) is 291 cm³/mol. The minimum absolute atomic E-state index is 0.0107. The fourth-order valence-electron chi connectivity index (χ4n) is 9.10. The second kappa shape index (κ2) is 24.5. The molecule has 8 aromatic rings. The number of aromatic nitrogens is 8. The second-order valence-corrected chi connectivity index (χ2v) is 18.3. The van der Waals surface area contributed by atoms with E-state index in [4.69, 9.17) is 36.2 Å². The molecule has 2 atom stereocenters. The third kappa shape index (κ3) is 12.0. The molecule has 0 saturated carbocycles. The topological polar surface area (TPSA) is 268 Å². The lowest BCUT2D eigenvalue weighted by molar-refractivity contribution is -0.128. The van der Waals surface area contributed by atoms with E-state index in [9.17, 15) is 24.3 Å². The highest BCUT2D eigenvalue weighted by Crippen LogP contribution is 2.36. The number of nitrogens with one attached hydrogen (secondary N) is 1. The van der Waals surface area contributed by atoms with Crippen LogP contribution in [0.2, 0.25) is 0 Å². The Morgan fingerprint density at radius 1 is 0.653 bits per heavy atom. The third-order valence-corrected chi connectivity index (χ3v) is 12.9. The van der Waals surface area contributed by atoms with Gasteiger partial charge in [0, 0.05) is 42.6 Å². The molecule has 75 heavy (non-hydrogen) atoms. The number of benzene rings is 4. The molecule has 2 aliphatic rings. The number of amides is 2. The number of nitrogens with two attached hydrogens (primary N) is 2. The predicted octanol–water partition coefficient (Wildman–Crippen LogP) is 6.86. The van der Waals surface area contributed by atoms with Gasteiger partial charge in [-0.2, -0.15) is 20.4 Å². The van der Waals surface area contributed by atoms with Gasteiger partial charge in [-0.1, -0.05) is 65.5 Å². The number of piperidine rings is 2. The number of para-hydroxylation sites is 2. The van der Waals surface area contributed by atoms with Gasteiger partial charge >= 0.3 is 0 Å². The van der Waals surface area contributed by atoms with E-state index < -0.39 is 5.56 Å². The van der Waals surface area contributed by atoms with Gasteiger partial charge in [-0.25, -0.2) is 9.78 Å². The first-order chi connectivity index (χ1) is 36.5. The van der Waals surface area contributed by atoms with Gasteiger partial charge in [0.15, 0.2) is 11.6 Å². The number of carbonyl (C=O) groups excluding carboxylic acids is 2. The molecular formula is C54H57BrN12O8. The number of alkyl halides is 1. The van der Waals surface area contributed by atoms with Crippen molar-refractivity contribution < 1.29 is 29.3 Å². The zero-order valence-corrected chi connectivity index (χ0v) is 42.6. The summed E-state index contributed by atoms with van der Waals surface area (Å²) in [6.45, 7) is 9.27. The molecule has 10 rings (SSSR count). The van der Waals surface area contributed by atoms with Crippen molar-refractivity contribution in [3.63, 3.8) is 0 Å². The van der Waals surface area contributed by atoms with E-state index in [0.717, 1.165) is 53.0 Å². The summed E-state index contributed by atoms with van der Waals surface area (Å²) in [6.07, 6.45) is 5.68. The average Bonchev–Trinajstić information content (AvgIpc) is 4.08. The number of carbonyl (C=O) groups is 2. The summed E-state index contributed by atoms with van der Waals surface area (Å²) in [7, 11) is 0. The summed E-state index contributed by atoms with van der Waals surface area (Å²) >= 11 is 3.00. The van der Waals surface area contributed by atoms with Crippen LogP contribution < -0.4 is 32.1 Å². The number of nitrogen functional groups attached to an aromatic ring is 2. The Balaban J connectivity index is 0.000000187. The molecule has 4 aromatic heterocycles. The van der Waals surface area contributed by atoms with Crippen LogP contribution in [0.1, 0.15) is 37.8 Å². The van der Waals surface area contributed by atoms with Gasteiger partial charge in [0.1, 0.15) is 45.4 Å². The van der Waals surface area contributed by atoms with E-state index in [1.54, 1.807) is 19.2 Å². The van der Waals surface area contributed by atoms with Crippen LogP contribution in [0.5, 0.6) is 23.0 Å². The quantitative estimate of drug-likeness (QED) is 0.0583. The van der Waals surface area contributed by atoms with Crippen molar-refractivity contribution in [2.45, 2.75) is 44.3 Å². The number of rotatable bonds is 13. The van der Waals surface area contributed by atoms with Crippen LogP contribution in [-0.4, -0.2) is 116 Å². The van der Waals surface area contributed by atoms with Gasteiger partial charge in [0.2, 0.25) is 11.8 Å². The van der Waals surface area contributed by atoms with Crippen molar-refractivity contribution in [3.05, 3.63) is 155 Å². The van der Waals surface area contributed by atoms with E-state index in [-0.39, 0.29) is 60.9 Å². The number of hydrogen-bond donors (Lipinski definition) is 5. The van der Waals surface area contributed by atoms with E-state index >= 15 is 0 Å². The fourth-order valence-corrected chi connectivity index (χ4v) is 9.10. The molecule has 0 radical (unpaired) electrons. The maximum atomic E-state index is 13.5. The molecule has 21 heteroatoms. The van der Waals surface area contributed by atoms with Gasteiger partial charge in [-0.3, -0.25) is 28.5 Å². The first-order valence-corrected chi connectivity index (χ1v) is 25.4. The number of halogens is 1. The number of ether oxygens (including phenoxy) is 2. The summed E-state index contributed by atoms with van der Waals surface area (Å²) < 4.78 is 16.3. The molecule has 2 aliphatic heterocycles. The Morgan fingerprint density at radius 2 is 1.09 bits per heavy atom. The minimum atomic E-state index is -0.395. The summed E-state index contributed by atoms with van der Waals surface area (Å²) in [5, 5.41) is 39.2. The molecule has 6 heterocycles.